The Bertz CT molecular complexity index is 1020. The second kappa shape index (κ2) is 11.2. The van der Waals surface area contributed by atoms with E-state index in [1.165, 1.54) is 10.5 Å². The van der Waals surface area contributed by atoms with Gasteiger partial charge in [0.05, 0.1) is 5.56 Å². The first-order valence-corrected chi connectivity index (χ1v) is 12.4. The second-order valence-electron chi connectivity index (χ2n) is 8.15. The summed E-state index contributed by atoms with van der Waals surface area (Å²) in [6.07, 6.45) is 4.34. The third-order valence-corrected chi connectivity index (χ3v) is 6.79. The fraction of sp³-hybridized carbons (Fsp3) is 0.296. The predicted octanol–water partition coefficient (Wildman–Crippen LogP) is 5.84. The van der Waals surface area contributed by atoms with Crippen LogP contribution in [-0.2, 0) is 6.54 Å². The molecule has 0 aromatic heterocycles. The summed E-state index contributed by atoms with van der Waals surface area (Å²) in [5.41, 5.74) is 1.98. The summed E-state index contributed by atoms with van der Waals surface area (Å²) in [5, 5.41) is 3.14. The molecule has 5 heteroatoms. The van der Waals surface area contributed by atoms with Gasteiger partial charge in [0.25, 0.3) is 5.91 Å². The van der Waals surface area contributed by atoms with Gasteiger partial charge in [-0.3, -0.25) is 9.69 Å². The van der Waals surface area contributed by atoms with Crippen molar-refractivity contribution in [2.24, 2.45) is 5.92 Å². The predicted molar refractivity (Wildman–Crippen MR) is 132 cm³/mol. The van der Waals surface area contributed by atoms with Crippen LogP contribution in [0.1, 0.15) is 28.8 Å². The number of benzene rings is 3. The molecule has 0 spiro atoms. The van der Waals surface area contributed by atoms with Crippen LogP contribution in [0.25, 0.3) is 0 Å². The number of amides is 1. The number of carbonyl (C=O) groups is 1. The molecule has 3 aromatic carbocycles. The van der Waals surface area contributed by atoms with Gasteiger partial charge in [-0.05, 0) is 74.0 Å². The summed E-state index contributed by atoms with van der Waals surface area (Å²) >= 11 is 1.81. The standard InChI is InChI=1S/C27H30N2O2S/c1-32-26-14-8-5-9-22(26)20-29-17-15-21(16-18-29)19-28-27(30)24-12-6-7-13-25(24)31-23-10-3-2-4-11-23/h2-14,21H,15-20H2,1H3,(H,28,30). The summed E-state index contributed by atoms with van der Waals surface area (Å²) in [7, 11) is 0. The van der Waals surface area contributed by atoms with E-state index in [9.17, 15) is 4.79 Å². The van der Waals surface area contributed by atoms with Crippen molar-refractivity contribution in [3.8, 4) is 11.5 Å². The summed E-state index contributed by atoms with van der Waals surface area (Å²) in [6, 6.07) is 25.6. The van der Waals surface area contributed by atoms with Crippen molar-refractivity contribution in [3.63, 3.8) is 0 Å². The molecule has 3 aromatic rings. The van der Waals surface area contributed by atoms with Crippen molar-refractivity contribution in [1.82, 2.24) is 10.2 Å². The molecule has 0 radical (unpaired) electrons. The number of thioether (sulfide) groups is 1. The third-order valence-electron chi connectivity index (χ3n) is 5.95. The van der Waals surface area contributed by atoms with Gasteiger partial charge in [-0.25, -0.2) is 0 Å². The molecular weight excluding hydrogens is 416 g/mol. The SMILES string of the molecule is CSc1ccccc1CN1CCC(CNC(=O)c2ccccc2Oc2ccccc2)CC1. The minimum Gasteiger partial charge on any atom is -0.457 e. The van der Waals surface area contributed by atoms with Gasteiger partial charge in [0.2, 0.25) is 0 Å². The van der Waals surface area contributed by atoms with Gasteiger partial charge in [0.1, 0.15) is 11.5 Å². The molecule has 1 aliphatic rings. The van der Waals surface area contributed by atoms with E-state index in [1.54, 1.807) is 0 Å². The van der Waals surface area contributed by atoms with E-state index in [0.29, 0.717) is 23.8 Å². The minimum absolute atomic E-state index is 0.0761. The lowest BCUT2D eigenvalue weighted by molar-refractivity contribution is 0.0933. The van der Waals surface area contributed by atoms with Crippen LogP contribution in [0, 0.1) is 5.92 Å². The van der Waals surface area contributed by atoms with E-state index in [1.807, 2.05) is 66.4 Å². The van der Waals surface area contributed by atoms with Crippen LogP contribution in [0.15, 0.2) is 83.8 Å². The molecule has 0 aliphatic carbocycles. The zero-order chi connectivity index (χ0) is 22.2. The number of nitrogens with zero attached hydrogens (tertiary/aromatic N) is 1. The second-order valence-corrected chi connectivity index (χ2v) is 9.00. The minimum atomic E-state index is -0.0761. The molecule has 1 N–H and O–H groups in total. The van der Waals surface area contributed by atoms with Crippen LogP contribution in [0.4, 0.5) is 0 Å². The molecule has 32 heavy (non-hydrogen) atoms. The molecule has 1 fully saturated rings. The first-order valence-electron chi connectivity index (χ1n) is 11.2. The Labute approximate surface area is 195 Å². The van der Waals surface area contributed by atoms with Gasteiger partial charge in [-0.2, -0.15) is 0 Å². The molecule has 4 rings (SSSR count). The molecule has 166 valence electrons. The largest absolute Gasteiger partial charge is 0.457 e. The zero-order valence-corrected chi connectivity index (χ0v) is 19.3. The van der Waals surface area contributed by atoms with E-state index in [0.717, 1.165) is 38.2 Å². The number of ether oxygens (including phenoxy) is 1. The lowest BCUT2D eigenvalue weighted by atomic mass is 9.96. The third kappa shape index (κ3) is 5.93. The van der Waals surface area contributed by atoms with Crippen LogP contribution in [0.3, 0.4) is 0 Å². The molecule has 1 aliphatic heterocycles. The number of piperidine rings is 1. The maximum atomic E-state index is 12.9. The first-order chi connectivity index (χ1) is 15.7. The summed E-state index contributed by atoms with van der Waals surface area (Å²) in [4.78, 5) is 16.8. The van der Waals surface area contributed by atoms with Crippen molar-refractivity contribution >= 4 is 17.7 Å². The smallest absolute Gasteiger partial charge is 0.255 e. The number of likely N-dealkylation sites (tertiary alicyclic amines) is 1. The van der Waals surface area contributed by atoms with Crippen LogP contribution in [0.5, 0.6) is 11.5 Å². The number of para-hydroxylation sites is 2. The van der Waals surface area contributed by atoms with E-state index < -0.39 is 0 Å². The van der Waals surface area contributed by atoms with Crippen molar-refractivity contribution in [2.75, 3.05) is 25.9 Å². The maximum Gasteiger partial charge on any atom is 0.255 e. The lowest BCUT2D eigenvalue weighted by Crippen LogP contribution is -2.38. The van der Waals surface area contributed by atoms with E-state index in [4.69, 9.17) is 4.74 Å². The van der Waals surface area contributed by atoms with Crippen LogP contribution < -0.4 is 10.1 Å². The molecule has 0 atom stereocenters. The molecule has 0 bridgehead atoms. The monoisotopic (exact) mass is 446 g/mol. The highest BCUT2D eigenvalue weighted by molar-refractivity contribution is 7.98. The van der Waals surface area contributed by atoms with Gasteiger partial charge in [-0.15, -0.1) is 11.8 Å². The van der Waals surface area contributed by atoms with Crippen LogP contribution in [0.2, 0.25) is 0 Å². The number of hydrogen-bond donors (Lipinski definition) is 1. The number of carbonyl (C=O) groups excluding carboxylic acids is 1. The average Bonchev–Trinajstić information content (AvgIpc) is 2.85. The highest BCUT2D eigenvalue weighted by Gasteiger charge is 2.21. The molecular formula is C27H30N2O2S. The van der Waals surface area contributed by atoms with Crippen molar-refractivity contribution in [2.45, 2.75) is 24.3 Å². The van der Waals surface area contributed by atoms with Crippen molar-refractivity contribution in [1.29, 1.82) is 0 Å². The Kier molecular flexibility index (Phi) is 7.86. The Morgan fingerprint density at radius 3 is 2.44 bits per heavy atom. The number of rotatable bonds is 8. The average molecular weight is 447 g/mol. The fourth-order valence-corrected chi connectivity index (χ4v) is 4.72. The molecule has 1 saturated heterocycles. The highest BCUT2D eigenvalue weighted by Crippen LogP contribution is 2.26. The van der Waals surface area contributed by atoms with E-state index >= 15 is 0 Å². The Morgan fingerprint density at radius 2 is 1.66 bits per heavy atom. The molecule has 1 heterocycles. The molecule has 0 saturated carbocycles. The Morgan fingerprint density at radius 1 is 0.969 bits per heavy atom. The summed E-state index contributed by atoms with van der Waals surface area (Å²) in [6.45, 7) is 3.84. The Hall–Kier alpha value is -2.76. The molecule has 1 amide bonds. The number of hydrogen-bond acceptors (Lipinski definition) is 4. The summed E-state index contributed by atoms with van der Waals surface area (Å²) in [5.74, 6) is 1.74. The van der Waals surface area contributed by atoms with Gasteiger partial charge < -0.3 is 10.1 Å². The van der Waals surface area contributed by atoms with Crippen molar-refractivity contribution in [3.05, 3.63) is 90.0 Å². The van der Waals surface area contributed by atoms with Crippen LogP contribution >= 0.6 is 11.8 Å². The topological polar surface area (TPSA) is 41.6 Å². The highest BCUT2D eigenvalue weighted by atomic mass is 32.2. The van der Waals surface area contributed by atoms with E-state index in [-0.39, 0.29) is 5.91 Å². The van der Waals surface area contributed by atoms with Gasteiger partial charge in [0.15, 0.2) is 0 Å². The van der Waals surface area contributed by atoms with Crippen molar-refractivity contribution < 1.29 is 9.53 Å². The maximum absolute atomic E-state index is 12.9. The van der Waals surface area contributed by atoms with Gasteiger partial charge in [0, 0.05) is 18.0 Å². The first kappa shape index (κ1) is 22.4. The van der Waals surface area contributed by atoms with Gasteiger partial charge >= 0.3 is 0 Å². The molecule has 4 nitrogen and oxygen atoms in total. The zero-order valence-electron chi connectivity index (χ0n) is 18.5. The molecule has 0 unspecified atom stereocenters. The lowest BCUT2D eigenvalue weighted by Gasteiger charge is -2.32. The number of nitrogens with one attached hydrogen (secondary N) is 1. The van der Waals surface area contributed by atoms with E-state index in [2.05, 4.69) is 40.7 Å². The van der Waals surface area contributed by atoms with Gasteiger partial charge in [-0.1, -0.05) is 48.5 Å². The normalized spacial score (nSPS) is 14.8. The quantitative estimate of drug-likeness (QED) is 0.441. The summed E-state index contributed by atoms with van der Waals surface area (Å²) < 4.78 is 5.94. The van der Waals surface area contributed by atoms with Crippen LogP contribution in [-0.4, -0.2) is 36.7 Å². The fourth-order valence-electron chi connectivity index (χ4n) is 4.11. The Balaban J connectivity index is 1.28.